The van der Waals surface area contributed by atoms with Crippen LogP contribution in [0.25, 0.3) is 5.82 Å². The molecule has 0 saturated carbocycles. The van der Waals surface area contributed by atoms with Gasteiger partial charge in [-0.2, -0.15) is 0 Å². The Hall–Kier alpha value is -2.01. The lowest BCUT2D eigenvalue weighted by atomic mass is 10.3. The van der Waals surface area contributed by atoms with Crippen molar-refractivity contribution in [2.45, 2.75) is 33.2 Å². The molecule has 0 aliphatic rings. The van der Waals surface area contributed by atoms with Crippen molar-refractivity contribution in [2.75, 3.05) is 13.6 Å². The molecular weight excluding hydrogens is 485 g/mol. The fourth-order valence-electron chi connectivity index (χ4n) is 2.61. The van der Waals surface area contributed by atoms with E-state index in [1.807, 2.05) is 36.1 Å². The maximum Gasteiger partial charge on any atom is 0.191 e. The number of imidazole rings is 1. The van der Waals surface area contributed by atoms with Gasteiger partial charge in [0.25, 0.3) is 0 Å². The van der Waals surface area contributed by atoms with Gasteiger partial charge in [0.2, 0.25) is 0 Å². The van der Waals surface area contributed by atoms with Crippen molar-refractivity contribution in [3.8, 4) is 5.82 Å². The van der Waals surface area contributed by atoms with E-state index in [0.717, 1.165) is 47.6 Å². The molecule has 28 heavy (non-hydrogen) atoms. The third-order valence-electron chi connectivity index (χ3n) is 4.15. The van der Waals surface area contributed by atoms with Crippen LogP contribution >= 0.6 is 35.3 Å². The Morgan fingerprint density at radius 1 is 1.18 bits per heavy atom. The number of guanidine groups is 1. The molecule has 0 bridgehead atoms. The molecule has 0 spiro atoms. The number of aliphatic imine (C=N–C) groups is 1. The normalized spacial score (nSPS) is 11.2. The minimum absolute atomic E-state index is 0. The molecule has 3 aromatic rings. The Labute approximate surface area is 186 Å². The van der Waals surface area contributed by atoms with Gasteiger partial charge in [0.1, 0.15) is 11.6 Å². The molecule has 9 heteroatoms. The van der Waals surface area contributed by atoms with Crippen LogP contribution in [0.1, 0.15) is 28.2 Å². The van der Waals surface area contributed by atoms with Crippen LogP contribution in [0.2, 0.25) is 0 Å². The molecule has 0 amide bonds. The minimum Gasteiger partial charge on any atom is -0.356 e. The van der Waals surface area contributed by atoms with Crippen LogP contribution in [0.4, 0.5) is 0 Å². The summed E-state index contributed by atoms with van der Waals surface area (Å²) in [6.07, 6.45) is 9.46. The Morgan fingerprint density at radius 2 is 2.04 bits per heavy atom. The second-order valence-electron chi connectivity index (χ2n) is 6.05. The molecule has 0 fully saturated rings. The first-order chi connectivity index (χ1) is 13.2. The summed E-state index contributed by atoms with van der Waals surface area (Å²) >= 11 is 1.78. The quantitative estimate of drug-likeness (QED) is 0.290. The molecule has 0 aliphatic heterocycles. The number of hydrogen-bond acceptors (Lipinski definition) is 5. The highest BCUT2D eigenvalue weighted by Crippen LogP contribution is 2.13. The lowest BCUT2D eigenvalue weighted by Crippen LogP contribution is -2.37. The van der Waals surface area contributed by atoms with E-state index in [4.69, 9.17) is 0 Å². The van der Waals surface area contributed by atoms with E-state index >= 15 is 0 Å². The standard InChI is InChI=1S/C19H25N7S.HI/c1-4-16-13-24-18(27-16)7-8-22-19(20-3)25-12-15-5-6-17(23-11-15)26-10-9-21-14(26)2;/h5-6,9-11,13H,4,7-8,12H2,1-3H3,(H2,20,22,25);1H. The minimum atomic E-state index is 0. The average Bonchev–Trinajstić information content (AvgIpc) is 3.33. The highest BCUT2D eigenvalue weighted by Gasteiger charge is 2.04. The van der Waals surface area contributed by atoms with Crippen LogP contribution in [-0.2, 0) is 19.4 Å². The maximum absolute atomic E-state index is 4.51. The predicted octanol–water partition coefficient (Wildman–Crippen LogP) is 3.12. The number of nitrogens with zero attached hydrogens (tertiary/aromatic N) is 5. The molecule has 7 nitrogen and oxygen atoms in total. The molecule has 0 radical (unpaired) electrons. The second-order valence-corrected chi connectivity index (χ2v) is 7.25. The molecule has 0 aliphatic carbocycles. The number of rotatable bonds is 7. The second kappa shape index (κ2) is 11.1. The first-order valence-corrected chi connectivity index (χ1v) is 9.84. The van der Waals surface area contributed by atoms with E-state index in [-0.39, 0.29) is 24.0 Å². The zero-order valence-corrected chi connectivity index (χ0v) is 19.5. The number of aromatic nitrogens is 4. The average molecular weight is 511 g/mol. The van der Waals surface area contributed by atoms with Gasteiger partial charge in [0.15, 0.2) is 5.96 Å². The van der Waals surface area contributed by atoms with E-state index in [2.05, 4.69) is 43.6 Å². The van der Waals surface area contributed by atoms with Crippen molar-refractivity contribution < 1.29 is 0 Å². The third kappa shape index (κ3) is 5.99. The Morgan fingerprint density at radius 3 is 2.64 bits per heavy atom. The largest absolute Gasteiger partial charge is 0.356 e. The van der Waals surface area contributed by atoms with E-state index in [1.54, 1.807) is 24.6 Å². The van der Waals surface area contributed by atoms with Crippen molar-refractivity contribution in [3.63, 3.8) is 0 Å². The fraction of sp³-hybridized carbons (Fsp3) is 0.368. The molecule has 3 rings (SSSR count). The predicted molar refractivity (Wildman–Crippen MR) is 125 cm³/mol. The van der Waals surface area contributed by atoms with Gasteiger partial charge in [-0.05, 0) is 25.0 Å². The number of aryl methyl sites for hydroxylation is 2. The van der Waals surface area contributed by atoms with Gasteiger partial charge in [0.05, 0.1) is 5.01 Å². The van der Waals surface area contributed by atoms with Gasteiger partial charge in [-0.25, -0.2) is 15.0 Å². The van der Waals surface area contributed by atoms with Crippen molar-refractivity contribution in [2.24, 2.45) is 4.99 Å². The molecule has 3 heterocycles. The number of pyridine rings is 1. The summed E-state index contributed by atoms with van der Waals surface area (Å²) in [6.45, 7) is 5.57. The fourth-order valence-corrected chi connectivity index (χ4v) is 3.47. The number of halogens is 1. The van der Waals surface area contributed by atoms with Gasteiger partial charge in [-0.1, -0.05) is 13.0 Å². The van der Waals surface area contributed by atoms with Crippen molar-refractivity contribution in [3.05, 3.63) is 58.2 Å². The molecular formula is C19H26IN7S. The van der Waals surface area contributed by atoms with Crippen LogP contribution in [0, 0.1) is 6.92 Å². The summed E-state index contributed by atoms with van der Waals surface area (Å²) in [5.41, 5.74) is 1.09. The van der Waals surface area contributed by atoms with E-state index in [1.165, 1.54) is 4.88 Å². The lowest BCUT2D eigenvalue weighted by molar-refractivity contribution is 0.789. The summed E-state index contributed by atoms with van der Waals surface area (Å²) in [4.78, 5) is 18.8. The molecule has 3 aromatic heterocycles. The number of hydrogen-bond donors (Lipinski definition) is 2. The van der Waals surface area contributed by atoms with Crippen LogP contribution in [0.5, 0.6) is 0 Å². The summed E-state index contributed by atoms with van der Waals surface area (Å²) in [5, 5.41) is 7.80. The first-order valence-electron chi connectivity index (χ1n) is 9.03. The van der Waals surface area contributed by atoms with Gasteiger partial charge in [0, 0.05) is 56.2 Å². The van der Waals surface area contributed by atoms with Gasteiger partial charge >= 0.3 is 0 Å². The Bertz CT molecular complexity index is 886. The van der Waals surface area contributed by atoms with Crippen molar-refractivity contribution in [1.82, 2.24) is 30.2 Å². The highest BCUT2D eigenvalue weighted by molar-refractivity contribution is 14.0. The molecule has 0 aromatic carbocycles. The van der Waals surface area contributed by atoms with Gasteiger partial charge in [-0.3, -0.25) is 9.56 Å². The molecule has 150 valence electrons. The van der Waals surface area contributed by atoms with Crippen LogP contribution in [0.15, 0.2) is 41.9 Å². The molecule has 0 atom stereocenters. The molecule has 0 unspecified atom stereocenters. The first kappa shape index (κ1) is 22.3. The van der Waals surface area contributed by atoms with Crippen LogP contribution in [-0.4, -0.2) is 39.1 Å². The summed E-state index contributed by atoms with van der Waals surface area (Å²) < 4.78 is 1.96. The van der Waals surface area contributed by atoms with Crippen molar-refractivity contribution >= 4 is 41.3 Å². The monoisotopic (exact) mass is 511 g/mol. The molecule has 2 N–H and O–H groups in total. The maximum atomic E-state index is 4.51. The van der Waals surface area contributed by atoms with E-state index in [0.29, 0.717) is 6.54 Å². The zero-order chi connectivity index (χ0) is 19.1. The van der Waals surface area contributed by atoms with Crippen LogP contribution < -0.4 is 10.6 Å². The summed E-state index contributed by atoms with van der Waals surface area (Å²) in [7, 11) is 1.77. The smallest absolute Gasteiger partial charge is 0.191 e. The zero-order valence-electron chi connectivity index (χ0n) is 16.3. The number of nitrogens with one attached hydrogen (secondary N) is 2. The number of thiazole rings is 1. The molecule has 0 saturated heterocycles. The van der Waals surface area contributed by atoms with Gasteiger partial charge < -0.3 is 10.6 Å². The van der Waals surface area contributed by atoms with Gasteiger partial charge in [-0.15, -0.1) is 35.3 Å². The lowest BCUT2D eigenvalue weighted by Gasteiger charge is -2.11. The Kier molecular flexibility index (Phi) is 8.84. The van der Waals surface area contributed by atoms with Crippen LogP contribution in [0.3, 0.4) is 0 Å². The topological polar surface area (TPSA) is 80.0 Å². The van der Waals surface area contributed by atoms with E-state index < -0.39 is 0 Å². The van der Waals surface area contributed by atoms with E-state index in [9.17, 15) is 0 Å². The Balaban J connectivity index is 0.00000280. The van der Waals surface area contributed by atoms with Crippen molar-refractivity contribution in [1.29, 1.82) is 0 Å². The summed E-state index contributed by atoms with van der Waals surface area (Å²) in [6, 6.07) is 4.06. The SMILES string of the molecule is CCc1cnc(CCNC(=NC)NCc2ccc(-n3ccnc3C)nc2)s1.I. The highest BCUT2D eigenvalue weighted by atomic mass is 127. The summed E-state index contributed by atoms with van der Waals surface area (Å²) in [5.74, 6) is 2.56. The third-order valence-corrected chi connectivity index (χ3v) is 5.35.